The van der Waals surface area contributed by atoms with Crippen LogP contribution in [0.3, 0.4) is 0 Å². The molecule has 0 radical (unpaired) electrons. The van der Waals surface area contributed by atoms with Gasteiger partial charge in [-0.3, -0.25) is 4.79 Å². The van der Waals surface area contributed by atoms with Crippen molar-refractivity contribution in [2.45, 2.75) is 64.3 Å². The number of carbonyl (C=O) groups excluding carboxylic acids is 2. The number of fused-ring (bicyclic) bond motifs is 2. The highest BCUT2D eigenvalue weighted by atomic mass is 16.5. The Morgan fingerprint density at radius 3 is 2.51 bits per heavy atom. The van der Waals surface area contributed by atoms with Crippen LogP contribution in [0.1, 0.15) is 79.2 Å². The molecule has 180 valence electrons. The number of para-hydroxylation sites is 1. The third kappa shape index (κ3) is 5.14. The zero-order valence-electron chi connectivity index (χ0n) is 20.7. The van der Waals surface area contributed by atoms with Crippen molar-refractivity contribution in [2.75, 3.05) is 6.61 Å². The molecule has 2 aliphatic rings. The van der Waals surface area contributed by atoms with Crippen molar-refractivity contribution in [2.24, 2.45) is 0 Å². The van der Waals surface area contributed by atoms with Gasteiger partial charge in [-0.1, -0.05) is 63.2 Å². The Bertz CT molecular complexity index is 1310. The molecule has 1 N–H and O–H groups in total. The molecule has 0 bridgehead atoms. The highest BCUT2D eigenvalue weighted by molar-refractivity contribution is 6.07. The van der Waals surface area contributed by atoms with Gasteiger partial charge in [0.1, 0.15) is 0 Å². The molecule has 2 aromatic carbocycles. The summed E-state index contributed by atoms with van der Waals surface area (Å²) in [7, 11) is 0. The van der Waals surface area contributed by atoms with Gasteiger partial charge in [-0.2, -0.15) is 0 Å². The molecule has 0 saturated heterocycles. The second-order valence-corrected chi connectivity index (χ2v) is 10.6. The largest absolute Gasteiger partial charge is 0.452 e. The second-order valence-electron chi connectivity index (χ2n) is 10.6. The third-order valence-corrected chi connectivity index (χ3v) is 6.77. The van der Waals surface area contributed by atoms with Gasteiger partial charge >= 0.3 is 5.97 Å². The fraction of sp³-hybridized carbons (Fsp3) is 0.367. The predicted octanol–water partition coefficient (Wildman–Crippen LogP) is 5.84. The summed E-state index contributed by atoms with van der Waals surface area (Å²) in [5.74, 6) is -0.700. The van der Waals surface area contributed by atoms with Crippen LogP contribution >= 0.6 is 0 Å². The molecule has 5 heteroatoms. The molecule has 1 heterocycles. The van der Waals surface area contributed by atoms with E-state index in [1.165, 1.54) is 5.56 Å². The first-order valence-electron chi connectivity index (χ1n) is 12.5. The van der Waals surface area contributed by atoms with Crippen molar-refractivity contribution >= 4 is 34.4 Å². The first-order chi connectivity index (χ1) is 16.8. The van der Waals surface area contributed by atoms with E-state index in [2.05, 4.69) is 56.4 Å². The third-order valence-electron chi connectivity index (χ3n) is 6.77. The minimum absolute atomic E-state index is 0.106. The van der Waals surface area contributed by atoms with Gasteiger partial charge in [-0.15, -0.1) is 0 Å². The van der Waals surface area contributed by atoms with Gasteiger partial charge in [-0.25, -0.2) is 9.78 Å². The van der Waals surface area contributed by atoms with Crippen LogP contribution in [0, 0.1) is 0 Å². The topological polar surface area (TPSA) is 68.3 Å². The van der Waals surface area contributed by atoms with Crippen molar-refractivity contribution < 1.29 is 14.3 Å². The van der Waals surface area contributed by atoms with Gasteiger partial charge in [0.2, 0.25) is 0 Å². The molecule has 2 aliphatic carbocycles. The van der Waals surface area contributed by atoms with Crippen molar-refractivity contribution in [1.82, 2.24) is 10.3 Å². The summed E-state index contributed by atoms with van der Waals surface area (Å²) >= 11 is 0. The molecule has 0 unspecified atom stereocenters. The van der Waals surface area contributed by atoms with Crippen LogP contribution in [0.5, 0.6) is 0 Å². The fourth-order valence-electron chi connectivity index (χ4n) is 4.69. The monoisotopic (exact) mass is 468 g/mol. The quantitative estimate of drug-likeness (QED) is 0.477. The number of benzene rings is 2. The van der Waals surface area contributed by atoms with E-state index in [9.17, 15) is 9.59 Å². The smallest absolute Gasteiger partial charge is 0.339 e. The molecule has 1 aromatic heterocycles. The van der Waals surface area contributed by atoms with E-state index in [4.69, 9.17) is 9.72 Å². The van der Waals surface area contributed by atoms with Crippen LogP contribution in [0.2, 0.25) is 0 Å². The lowest BCUT2D eigenvalue weighted by Gasteiger charge is -2.23. The summed E-state index contributed by atoms with van der Waals surface area (Å²) in [6, 6.07) is 16.6. The number of allylic oxidation sites excluding steroid dienone is 1. The summed E-state index contributed by atoms with van der Waals surface area (Å²) in [5.41, 5.74) is 6.73. The van der Waals surface area contributed by atoms with Crippen LogP contribution < -0.4 is 5.32 Å². The predicted molar refractivity (Wildman–Crippen MR) is 139 cm³/mol. The molecule has 0 aliphatic heterocycles. The Labute approximate surface area is 206 Å². The molecule has 1 amide bonds. The van der Waals surface area contributed by atoms with Crippen LogP contribution in [0.4, 0.5) is 0 Å². The number of pyridine rings is 1. The SMILES string of the molecule is CC(C)(C)c1ccc(C=C2CCCc3c2nc2ccccc2c3C(=O)OCC(=O)NC2CC2)cc1. The Kier molecular flexibility index (Phi) is 6.18. The van der Waals surface area contributed by atoms with Crippen LogP contribution in [-0.2, 0) is 21.4 Å². The fourth-order valence-corrected chi connectivity index (χ4v) is 4.69. The summed E-state index contributed by atoms with van der Waals surface area (Å²) < 4.78 is 5.49. The van der Waals surface area contributed by atoms with E-state index in [-0.39, 0.29) is 24.0 Å². The molecule has 1 fully saturated rings. The zero-order chi connectivity index (χ0) is 24.6. The molecular formula is C30H32N2O3. The maximum absolute atomic E-state index is 13.3. The normalized spacial score (nSPS) is 16.7. The first kappa shape index (κ1) is 23.3. The highest BCUT2D eigenvalue weighted by Gasteiger charge is 2.27. The Hall–Kier alpha value is -3.47. The van der Waals surface area contributed by atoms with Crippen molar-refractivity contribution in [3.63, 3.8) is 0 Å². The summed E-state index contributed by atoms with van der Waals surface area (Å²) in [5, 5.41) is 3.64. The van der Waals surface area contributed by atoms with Crippen molar-refractivity contribution in [1.29, 1.82) is 0 Å². The number of esters is 1. The van der Waals surface area contributed by atoms with E-state index in [1.54, 1.807) is 0 Å². The summed E-state index contributed by atoms with van der Waals surface area (Å²) in [4.78, 5) is 30.4. The number of nitrogens with zero attached hydrogens (tertiary/aromatic N) is 1. The number of carbonyl (C=O) groups is 2. The van der Waals surface area contributed by atoms with Crippen LogP contribution in [-0.4, -0.2) is 29.5 Å². The van der Waals surface area contributed by atoms with Crippen molar-refractivity contribution in [3.8, 4) is 0 Å². The molecule has 5 rings (SSSR count). The highest BCUT2D eigenvalue weighted by Crippen LogP contribution is 2.36. The van der Waals surface area contributed by atoms with Gasteiger partial charge in [0, 0.05) is 11.4 Å². The summed E-state index contributed by atoms with van der Waals surface area (Å²) in [6.07, 6.45) is 6.77. The van der Waals surface area contributed by atoms with Gasteiger partial charge < -0.3 is 10.1 Å². The number of amides is 1. The van der Waals surface area contributed by atoms with E-state index in [0.717, 1.165) is 65.4 Å². The van der Waals surface area contributed by atoms with Crippen molar-refractivity contribution in [3.05, 3.63) is 76.5 Å². The van der Waals surface area contributed by atoms with Gasteiger partial charge in [-0.05, 0) is 71.9 Å². The van der Waals surface area contributed by atoms with E-state index < -0.39 is 5.97 Å². The molecule has 35 heavy (non-hydrogen) atoms. The van der Waals surface area contributed by atoms with Gasteiger partial charge in [0.05, 0.1) is 16.8 Å². The Morgan fingerprint density at radius 1 is 1.06 bits per heavy atom. The number of hydrogen-bond donors (Lipinski definition) is 1. The van der Waals surface area contributed by atoms with E-state index >= 15 is 0 Å². The Morgan fingerprint density at radius 2 is 1.80 bits per heavy atom. The maximum Gasteiger partial charge on any atom is 0.339 e. The zero-order valence-corrected chi connectivity index (χ0v) is 20.7. The first-order valence-corrected chi connectivity index (χ1v) is 12.5. The number of aromatic nitrogens is 1. The van der Waals surface area contributed by atoms with E-state index in [0.29, 0.717) is 5.56 Å². The molecule has 1 saturated carbocycles. The molecule has 3 aromatic rings. The Balaban J connectivity index is 1.50. The lowest BCUT2D eigenvalue weighted by atomic mass is 9.85. The minimum Gasteiger partial charge on any atom is -0.452 e. The number of hydrogen-bond acceptors (Lipinski definition) is 4. The van der Waals surface area contributed by atoms with E-state index in [1.807, 2.05) is 24.3 Å². The minimum atomic E-state index is -0.457. The molecular weight excluding hydrogens is 436 g/mol. The maximum atomic E-state index is 13.3. The molecule has 5 nitrogen and oxygen atoms in total. The molecule has 0 spiro atoms. The number of ether oxygens (including phenoxy) is 1. The van der Waals surface area contributed by atoms with Gasteiger partial charge in [0.25, 0.3) is 5.91 Å². The van der Waals surface area contributed by atoms with Crippen LogP contribution in [0.25, 0.3) is 22.6 Å². The lowest BCUT2D eigenvalue weighted by Crippen LogP contribution is -2.30. The average Bonchev–Trinajstić information content (AvgIpc) is 3.65. The summed E-state index contributed by atoms with van der Waals surface area (Å²) in [6.45, 7) is 6.37. The lowest BCUT2D eigenvalue weighted by molar-refractivity contribution is -0.124. The standard InChI is InChI=1S/C30H32N2O3/c1-30(2,3)21-13-11-19(12-14-21)17-20-7-6-9-24-27(23-8-4-5-10-25(23)32-28(20)24)29(34)35-18-26(33)31-22-15-16-22/h4-5,8,10-14,17,22H,6-7,9,15-16,18H2,1-3H3,(H,31,33). The second kappa shape index (κ2) is 9.29. The number of rotatable bonds is 5. The molecule has 0 atom stereocenters. The number of nitrogens with one attached hydrogen (secondary N) is 1. The van der Waals surface area contributed by atoms with Crippen LogP contribution in [0.15, 0.2) is 48.5 Å². The van der Waals surface area contributed by atoms with Gasteiger partial charge in [0.15, 0.2) is 6.61 Å². The average molecular weight is 469 g/mol.